The minimum atomic E-state index is 0.301. The maximum Gasteiger partial charge on any atom is 0.121 e. The van der Waals surface area contributed by atoms with Gasteiger partial charge in [0.1, 0.15) is 6.73 Å². The molecule has 0 radical (unpaired) electrons. The standard InChI is InChI=1S/C6H16N4O4/c1-2-11-4-5-13-9-8-10-14-7-6-12-3-1/h7-10H,1-6H2. The molecule has 84 valence electrons. The van der Waals surface area contributed by atoms with Gasteiger partial charge in [0.15, 0.2) is 0 Å². The minimum absolute atomic E-state index is 0.301. The van der Waals surface area contributed by atoms with Gasteiger partial charge in [-0.05, 0) is 6.42 Å². The van der Waals surface area contributed by atoms with Gasteiger partial charge in [-0.3, -0.25) is 4.84 Å². The van der Waals surface area contributed by atoms with Crippen molar-refractivity contribution < 1.29 is 19.2 Å². The van der Waals surface area contributed by atoms with E-state index in [-0.39, 0.29) is 0 Å². The number of hydrogen-bond donors (Lipinski definition) is 4. The summed E-state index contributed by atoms with van der Waals surface area (Å²) >= 11 is 0. The zero-order valence-corrected chi connectivity index (χ0v) is 7.88. The summed E-state index contributed by atoms with van der Waals surface area (Å²) in [5, 5.41) is 0. The number of nitrogens with one attached hydrogen (secondary N) is 4. The molecule has 0 atom stereocenters. The molecular formula is C6H16N4O4. The molecule has 1 heterocycles. The largest absolute Gasteiger partial charge is 0.379 e. The van der Waals surface area contributed by atoms with E-state index >= 15 is 0 Å². The van der Waals surface area contributed by atoms with Crippen LogP contribution in [0.3, 0.4) is 0 Å². The number of hydrogen-bond acceptors (Lipinski definition) is 8. The van der Waals surface area contributed by atoms with Crippen molar-refractivity contribution in [2.75, 3.05) is 33.2 Å². The lowest BCUT2D eigenvalue weighted by molar-refractivity contribution is -0.141. The maximum atomic E-state index is 5.23. The van der Waals surface area contributed by atoms with Crippen molar-refractivity contribution in [3.8, 4) is 0 Å². The lowest BCUT2D eigenvalue weighted by atomic mass is 10.5. The molecule has 0 unspecified atom stereocenters. The summed E-state index contributed by atoms with van der Waals surface area (Å²) < 4.78 is 10.4. The summed E-state index contributed by atoms with van der Waals surface area (Å²) in [5.41, 5.74) is 9.64. The summed E-state index contributed by atoms with van der Waals surface area (Å²) in [6.45, 7) is 2.57. The third-order valence-corrected chi connectivity index (χ3v) is 1.37. The molecule has 1 fully saturated rings. The van der Waals surface area contributed by atoms with Crippen molar-refractivity contribution in [1.82, 2.24) is 22.2 Å². The lowest BCUT2D eigenvalue weighted by Gasteiger charge is -2.11. The molecule has 1 saturated heterocycles. The van der Waals surface area contributed by atoms with Gasteiger partial charge < -0.3 is 9.47 Å². The van der Waals surface area contributed by atoms with Crippen LogP contribution in [0.5, 0.6) is 0 Å². The molecule has 0 bridgehead atoms. The maximum absolute atomic E-state index is 5.23. The van der Waals surface area contributed by atoms with E-state index in [1.165, 1.54) is 0 Å². The first-order valence-corrected chi connectivity index (χ1v) is 4.41. The second-order valence-corrected chi connectivity index (χ2v) is 2.44. The molecule has 0 amide bonds. The monoisotopic (exact) mass is 208 g/mol. The summed E-state index contributed by atoms with van der Waals surface area (Å²) in [6, 6.07) is 0. The Bertz CT molecular complexity index is 75.1. The van der Waals surface area contributed by atoms with Gasteiger partial charge in [-0.1, -0.05) is 0 Å². The minimum Gasteiger partial charge on any atom is -0.379 e. The highest BCUT2D eigenvalue weighted by molar-refractivity contribution is 4.34. The van der Waals surface area contributed by atoms with Crippen LogP contribution in [-0.2, 0) is 19.2 Å². The fourth-order valence-corrected chi connectivity index (χ4v) is 0.779. The highest BCUT2D eigenvalue weighted by Crippen LogP contribution is 1.84. The normalized spacial score (nSPS) is 24.0. The van der Waals surface area contributed by atoms with E-state index in [1.807, 2.05) is 0 Å². The first kappa shape index (κ1) is 11.8. The zero-order chi connectivity index (χ0) is 9.90. The average molecular weight is 208 g/mol. The van der Waals surface area contributed by atoms with Gasteiger partial charge in [-0.25, -0.2) is 0 Å². The Morgan fingerprint density at radius 1 is 0.857 bits per heavy atom. The van der Waals surface area contributed by atoms with Crippen LogP contribution in [0.1, 0.15) is 6.42 Å². The first-order valence-electron chi connectivity index (χ1n) is 4.41. The number of rotatable bonds is 0. The molecule has 0 saturated carbocycles. The van der Waals surface area contributed by atoms with Gasteiger partial charge in [0.05, 0.1) is 19.8 Å². The third-order valence-electron chi connectivity index (χ3n) is 1.37. The number of hydroxylamine groups is 1. The van der Waals surface area contributed by atoms with E-state index in [2.05, 4.69) is 27.1 Å². The number of ether oxygens (including phenoxy) is 2. The van der Waals surface area contributed by atoms with E-state index < -0.39 is 0 Å². The molecule has 0 aromatic heterocycles. The second-order valence-electron chi connectivity index (χ2n) is 2.44. The molecule has 4 N–H and O–H groups in total. The fourth-order valence-electron chi connectivity index (χ4n) is 0.779. The van der Waals surface area contributed by atoms with Crippen molar-refractivity contribution in [3.63, 3.8) is 0 Å². The van der Waals surface area contributed by atoms with Gasteiger partial charge in [-0.2, -0.15) is 10.4 Å². The summed E-state index contributed by atoms with van der Waals surface area (Å²) in [6.07, 6.45) is 0.848. The Labute approximate surface area is 82.0 Å². The second kappa shape index (κ2) is 9.24. The van der Waals surface area contributed by atoms with Crippen LogP contribution in [0.25, 0.3) is 0 Å². The van der Waals surface area contributed by atoms with Crippen LogP contribution in [0.4, 0.5) is 0 Å². The van der Waals surface area contributed by atoms with Crippen LogP contribution in [-0.4, -0.2) is 33.2 Å². The van der Waals surface area contributed by atoms with Crippen molar-refractivity contribution in [3.05, 3.63) is 0 Å². The zero-order valence-electron chi connectivity index (χ0n) is 7.88. The van der Waals surface area contributed by atoms with Crippen LogP contribution in [0.2, 0.25) is 0 Å². The van der Waals surface area contributed by atoms with Gasteiger partial charge in [-0.15, -0.1) is 16.7 Å². The molecule has 1 rings (SSSR count). The van der Waals surface area contributed by atoms with Gasteiger partial charge in [0.25, 0.3) is 0 Å². The highest BCUT2D eigenvalue weighted by atomic mass is 16.8. The highest BCUT2D eigenvalue weighted by Gasteiger charge is 1.93. The van der Waals surface area contributed by atoms with Gasteiger partial charge in [0, 0.05) is 6.61 Å². The topological polar surface area (TPSA) is 85.0 Å². The smallest absolute Gasteiger partial charge is 0.121 e. The van der Waals surface area contributed by atoms with E-state index in [4.69, 9.17) is 14.3 Å². The summed E-state index contributed by atoms with van der Waals surface area (Å²) in [5.74, 6) is 0. The quantitative estimate of drug-likeness (QED) is 0.377. The lowest BCUT2D eigenvalue weighted by Crippen LogP contribution is -2.46. The Morgan fingerprint density at radius 2 is 1.79 bits per heavy atom. The molecule has 8 heteroatoms. The van der Waals surface area contributed by atoms with Crippen molar-refractivity contribution in [1.29, 1.82) is 0 Å². The molecule has 0 spiro atoms. The Hall–Kier alpha value is -0.320. The molecule has 0 aromatic rings. The first-order chi connectivity index (χ1) is 7.00. The van der Waals surface area contributed by atoms with Crippen LogP contribution < -0.4 is 22.2 Å². The predicted octanol–water partition coefficient (Wildman–Crippen LogP) is -1.65. The SMILES string of the molecule is C1COCCONNNONCOC1. The van der Waals surface area contributed by atoms with Gasteiger partial charge >= 0.3 is 0 Å². The van der Waals surface area contributed by atoms with Crippen LogP contribution in [0.15, 0.2) is 0 Å². The van der Waals surface area contributed by atoms with E-state index in [0.717, 1.165) is 6.42 Å². The summed E-state index contributed by atoms with van der Waals surface area (Å²) in [4.78, 5) is 9.56. The molecule has 1 aliphatic heterocycles. The molecule has 8 nitrogen and oxygen atoms in total. The Morgan fingerprint density at radius 3 is 2.79 bits per heavy atom. The Balaban J connectivity index is 2.00. The number of hydrazine groups is 2. The van der Waals surface area contributed by atoms with Crippen molar-refractivity contribution in [2.45, 2.75) is 6.42 Å². The molecule has 0 aliphatic carbocycles. The van der Waals surface area contributed by atoms with Gasteiger partial charge in [0.2, 0.25) is 0 Å². The molecule has 14 heavy (non-hydrogen) atoms. The molecular weight excluding hydrogens is 192 g/mol. The fraction of sp³-hybridized carbons (Fsp3) is 1.00. The molecule has 1 aliphatic rings. The predicted molar refractivity (Wildman–Crippen MR) is 45.8 cm³/mol. The van der Waals surface area contributed by atoms with Crippen LogP contribution in [0, 0.1) is 0 Å². The Kier molecular flexibility index (Phi) is 7.76. The average Bonchev–Trinajstić information content (AvgIpc) is 2.22. The van der Waals surface area contributed by atoms with Crippen molar-refractivity contribution in [2.24, 2.45) is 0 Å². The van der Waals surface area contributed by atoms with E-state index in [9.17, 15) is 0 Å². The molecule has 0 aromatic carbocycles. The van der Waals surface area contributed by atoms with E-state index in [1.54, 1.807) is 0 Å². The summed E-state index contributed by atoms with van der Waals surface area (Å²) in [7, 11) is 0. The van der Waals surface area contributed by atoms with Crippen LogP contribution >= 0.6 is 0 Å². The van der Waals surface area contributed by atoms with Crippen molar-refractivity contribution >= 4 is 0 Å². The third kappa shape index (κ3) is 7.12. The van der Waals surface area contributed by atoms with E-state index in [0.29, 0.717) is 33.2 Å².